The topological polar surface area (TPSA) is 58.6 Å². The summed E-state index contributed by atoms with van der Waals surface area (Å²) < 4.78 is 5.03. The van der Waals surface area contributed by atoms with Gasteiger partial charge in [0, 0.05) is 27.1 Å². The van der Waals surface area contributed by atoms with Crippen LogP contribution in [-0.2, 0) is 9.53 Å². The van der Waals surface area contributed by atoms with Gasteiger partial charge in [-0.1, -0.05) is 0 Å². The molecule has 1 N–H and O–H groups in total. The molecule has 0 saturated carbocycles. The molecule has 0 saturated heterocycles. The first kappa shape index (κ1) is 13.7. The largest absolute Gasteiger partial charge is 0.444 e. The highest BCUT2D eigenvalue weighted by Gasteiger charge is 2.15. The molecular formula is C10H20N2O3. The van der Waals surface area contributed by atoms with E-state index in [1.807, 2.05) is 0 Å². The van der Waals surface area contributed by atoms with E-state index in [2.05, 4.69) is 5.32 Å². The number of nitrogens with zero attached hydrogens (tertiary/aromatic N) is 1. The van der Waals surface area contributed by atoms with Crippen LogP contribution in [0.2, 0.25) is 0 Å². The average Bonchev–Trinajstić information content (AvgIpc) is 2.00. The molecular weight excluding hydrogens is 196 g/mol. The number of ether oxygens (including phenoxy) is 1. The van der Waals surface area contributed by atoms with Gasteiger partial charge in [-0.15, -0.1) is 0 Å². The molecule has 88 valence electrons. The van der Waals surface area contributed by atoms with Gasteiger partial charge in [-0.3, -0.25) is 4.79 Å². The molecule has 0 aliphatic heterocycles. The number of carbonyl (C=O) groups excluding carboxylic acids is 2. The second-order valence-electron chi connectivity index (χ2n) is 4.37. The maximum atomic E-state index is 11.2. The van der Waals surface area contributed by atoms with Crippen LogP contribution in [0, 0.1) is 0 Å². The number of amides is 2. The van der Waals surface area contributed by atoms with Crippen molar-refractivity contribution in [2.45, 2.75) is 33.3 Å². The van der Waals surface area contributed by atoms with Crippen LogP contribution in [0.25, 0.3) is 0 Å². The zero-order valence-corrected chi connectivity index (χ0v) is 10.1. The monoisotopic (exact) mass is 216 g/mol. The SMILES string of the molecule is CC(=O)N(C)CCNC(=O)OC(C)(C)C. The summed E-state index contributed by atoms with van der Waals surface area (Å²) >= 11 is 0. The lowest BCUT2D eigenvalue weighted by Crippen LogP contribution is -2.38. The number of rotatable bonds is 3. The van der Waals surface area contributed by atoms with Crippen molar-refractivity contribution in [1.82, 2.24) is 10.2 Å². The van der Waals surface area contributed by atoms with Crippen molar-refractivity contribution in [2.75, 3.05) is 20.1 Å². The van der Waals surface area contributed by atoms with E-state index in [1.165, 1.54) is 11.8 Å². The third-order valence-electron chi connectivity index (χ3n) is 1.65. The maximum Gasteiger partial charge on any atom is 0.407 e. The highest BCUT2D eigenvalue weighted by atomic mass is 16.6. The molecule has 5 nitrogen and oxygen atoms in total. The summed E-state index contributed by atoms with van der Waals surface area (Å²) in [5, 5.41) is 2.57. The summed E-state index contributed by atoms with van der Waals surface area (Å²) in [7, 11) is 1.68. The van der Waals surface area contributed by atoms with Crippen LogP contribution in [0.3, 0.4) is 0 Å². The lowest BCUT2D eigenvalue weighted by molar-refractivity contribution is -0.127. The van der Waals surface area contributed by atoms with Crippen molar-refractivity contribution in [1.29, 1.82) is 0 Å². The van der Waals surface area contributed by atoms with Crippen LogP contribution in [-0.4, -0.2) is 42.6 Å². The van der Waals surface area contributed by atoms with Crippen LogP contribution in [0.4, 0.5) is 4.79 Å². The Kier molecular flexibility index (Phi) is 5.11. The summed E-state index contributed by atoms with van der Waals surface area (Å²) in [6.45, 7) is 7.75. The number of hydrogen-bond donors (Lipinski definition) is 1. The van der Waals surface area contributed by atoms with E-state index >= 15 is 0 Å². The van der Waals surface area contributed by atoms with Gasteiger partial charge in [0.2, 0.25) is 5.91 Å². The van der Waals surface area contributed by atoms with Crippen LogP contribution in [0.5, 0.6) is 0 Å². The first-order valence-electron chi connectivity index (χ1n) is 4.91. The minimum atomic E-state index is -0.490. The molecule has 0 unspecified atom stereocenters. The molecule has 2 amide bonds. The minimum Gasteiger partial charge on any atom is -0.444 e. The summed E-state index contributed by atoms with van der Waals surface area (Å²) in [4.78, 5) is 23.5. The summed E-state index contributed by atoms with van der Waals surface area (Å²) in [6, 6.07) is 0. The molecule has 0 heterocycles. The summed E-state index contributed by atoms with van der Waals surface area (Å²) in [6.07, 6.45) is -0.459. The maximum absolute atomic E-state index is 11.2. The fraction of sp³-hybridized carbons (Fsp3) is 0.800. The van der Waals surface area contributed by atoms with Crippen molar-refractivity contribution in [3.63, 3.8) is 0 Å². The van der Waals surface area contributed by atoms with Crippen LogP contribution >= 0.6 is 0 Å². The van der Waals surface area contributed by atoms with Crippen molar-refractivity contribution in [2.24, 2.45) is 0 Å². The predicted octanol–water partition coefficient (Wildman–Crippen LogP) is 0.989. The quantitative estimate of drug-likeness (QED) is 0.765. The normalized spacial score (nSPS) is 10.7. The summed E-state index contributed by atoms with van der Waals surface area (Å²) in [5.41, 5.74) is -0.490. The Bertz CT molecular complexity index is 233. The Morgan fingerprint density at radius 2 is 1.87 bits per heavy atom. The van der Waals surface area contributed by atoms with Crippen molar-refractivity contribution in [3.05, 3.63) is 0 Å². The van der Waals surface area contributed by atoms with E-state index in [-0.39, 0.29) is 5.91 Å². The highest BCUT2D eigenvalue weighted by Crippen LogP contribution is 2.05. The molecule has 0 radical (unpaired) electrons. The number of likely N-dealkylation sites (N-methyl/N-ethyl adjacent to an activating group) is 1. The number of nitrogens with one attached hydrogen (secondary N) is 1. The molecule has 0 fully saturated rings. The highest BCUT2D eigenvalue weighted by molar-refractivity contribution is 5.73. The van der Waals surface area contributed by atoms with Gasteiger partial charge in [0.15, 0.2) is 0 Å². The lowest BCUT2D eigenvalue weighted by atomic mass is 10.2. The zero-order chi connectivity index (χ0) is 12.1. The molecule has 0 aromatic heterocycles. The fourth-order valence-electron chi connectivity index (χ4n) is 0.797. The molecule has 0 aliphatic rings. The molecule has 0 rings (SSSR count). The fourth-order valence-corrected chi connectivity index (χ4v) is 0.797. The van der Waals surface area contributed by atoms with Gasteiger partial charge >= 0.3 is 6.09 Å². The Hall–Kier alpha value is -1.26. The standard InChI is InChI=1S/C10H20N2O3/c1-8(13)12(5)7-6-11-9(14)15-10(2,3)4/h6-7H2,1-5H3,(H,11,14). The van der Waals surface area contributed by atoms with E-state index in [4.69, 9.17) is 4.74 Å². The second-order valence-corrected chi connectivity index (χ2v) is 4.37. The molecule has 0 aliphatic carbocycles. The first-order chi connectivity index (χ1) is 6.72. The zero-order valence-electron chi connectivity index (χ0n) is 10.1. The van der Waals surface area contributed by atoms with Crippen molar-refractivity contribution in [3.8, 4) is 0 Å². The number of alkyl carbamates (subject to hydrolysis) is 1. The predicted molar refractivity (Wildman–Crippen MR) is 57.5 cm³/mol. The second kappa shape index (κ2) is 5.58. The van der Waals surface area contributed by atoms with E-state index in [9.17, 15) is 9.59 Å². The third kappa shape index (κ3) is 7.78. The Morgan fingerprint density at radius 3 is 2.27 bits per heavy atom. The van der Waals surface area contributed by atoms with Crippen LogP contribution in [0.15, 0.2) is 0 Å². The van der Waals surface area contributed by atoms with E-state index in [0.717, 1.165) is 0 Å². The van der Waals surface area contributed by atoms with Crippen molar-refractivity contribution >= 4 is 12.0 Å². The molecule has 0 aromatic carbocycles. The smallest absolute Gasteiger partial charge is 0.407 e. The molecule has 0 bridgehead atoms. The average molecular weight is 216 g/mol. The summed E-state index contributed by atoms with van der Waals surface area (Å²) in [5.74, 6) is -0.0269. The van der Waals surface area contributed by atoms with Gasteiger partial charge in [0.05, 0.1) is 0 Å². The van der Waals surface area contributed by atoms with Gasteiger partial charge in [0.25, 0.3) is 0 Å². The third-order valence-corrected chi connectivity index (χ3v) is 1.65. The van der Waals surface area contributed by atoms with Crippen molar-refractivity contribution < 1.29 is 14.3 Å². The van der Waals surface area contributed by atoms with Gasteiger partial charge in [0.1, 0.15) is 5.60 Å². The van der Waals surface area contributed by atoms with E-state index in [0.29, 0.717) is 13.1 Å². The van der Waals surface area contributed by atoms with E-state index in [1.54, 1.807) is 27.8 Å². The Morgan fingerprint density at radius 1 is 1.33 bits per heavy atom. The number of hydrogen-bond acceptors (Lipinski definition) is 3. The molecule has 15 heavy (non-hydrogen) atoms. The Balaban J connectivity index is 3.69. The van der Waals surface area contributed by atoms with Gasteiger partial charge in [-0.2, -0.15) is 0 Å². The lowest BCUT2D eigenvalue weighted by Gasteiger charge is -2.20. The van der Waals surface area contributed by atoms with Crippen LogP contribution < -0.4 is 5.32 Å². The van der Waals surface area contributed by atoms with Gasteiger partial charge < -0.3 is 15.0 Å². The van der Waals surface area contributed by atoms with E-state index < -0.39 is 11.7 Å². The molecule has 0 spiro atoms. The number of carbonyl (C=O) groups is 2. The Labute approximate surface area is 90.8 Å². The van der Waals surface area contributed by atoms with Gasteiger partial charge in [-0.25, -0.2) is 4.79 Å². The minimum absolute atomic E-state index is 0.0269. The first-order valence-corrected chi connectivity index (χ1v) is 4.91. The van der Waals surface area contributed by atoms with Gasteiger partial charge in [-0.05, 0) is 20.8 Å². The van der Waals surface area contributed by atoms with Crippen LogP contribution in [0.1, 0.15) is 27.7 Å². The molecule has 5 heteroatoms. The molecule has 0 aromatic rings. The molecule has 0 atom stereocenters.